The topological polar surface area (TPSA) is 86.9 Å². The van der Waals surface area contributed by atoms with Crippen molar-refractivity contribution in [3.63, 3.8) is 0 Å². The van der Waals surface area contributed by atoms with Crippen LogP contribution < -0.4 is 14.2 Å². The predicted octanol–water partition coefficient (Wildman–Crippen LogP) is 5.64. The van der Waals surface area contributed by atoms with Crippen molar-refractivity contribution < 1.29 is 23.4 Å². The van der Waals surface area contributed by atoms with Crippen LogP contribution in [0.4, 0.5) is 0 Å². The van der Waals surface area contributed by atoms with Crippen LogP contribution in [0.15, 0.2) is 40.8 Å². The maximum atomic E-state index is 13.5. The second-order valence-electron chi connectivity index (χ2n) is 7.31. The first kappa shape index (κ1) is 25.4. The molecule has 3 aromatic rings. The molecule has 0 spiro atoms. The van der Waals surface area contributed by atoms with Crippen LogP contribution in [0.2, 0.25) is 5.02 Å². The number of hydrogen-bond acceptors (Lipinski definition) is 7. The Kier molecular flexibility index (Phi) is 9.16. The minimum Gasteiger partial charge on any atom is -0.490 e. The number of carbonyl (C=O) groups excluding carboxylic acids is 1. The van der Waals surface area contributed by atoms with Crippen LogP contribution >= 0.6 is 11.6 Å². The second-order valence-corrected chi connectivity index (χ2v) is 7.72. The fraction of sp³-hybridized carbons (Fsp3) is 0.400. The van der Waals surface area contributed by atoms with Gasteiger partial charge in [0.05, 0.1) is 37.0 Å². The van der Waals surface area contributed by atoms with Crippen LogP contribution in [-0.4, -0.2) is 47.4 Å². The Morgan fingerprint density at radius 1 is 0.971 bits per heavy atom. The first-order chi connectivity index (χ1) is 16.5. The summed E-state index contributed by atoms with van der Waals surface area (Å²) in [4.78, 5) is 15.2. The zero-order chi connectivity index (χ0) is 24.5. The molecule has 0 bridgehead atoms. The van der Waals surface area contributed by atoms with Gasteiger partial charge in [0.15, 0.2) is 11.5 Å². The summed E-state index contributed by atoms with van der Waals surface area (Å²) in [7, 11) is 0. The number of nitrogens with zero attached hydrogens (tertiary/aromatic N) is 3. The third-order valence-electron chi connectivity index (χ3n) is 4.83. The van der Waals surface area contributed by atoms with Gasteiger partial charge in [0.2, 0.25) is 17.5 Å². The summed E-state index contributed by atoms with van der Waals surface area (Å²) in [5.41, 5.74) is 1.07. The SMILES string of the molecule is CCCN(Cc1nnc(-c2ccccc2Cl)o1)C(=O)c1cc(OCC)c(OCC)c(OCC)c1. The Balaban J connectivity index is 1.90. The summed E-state index contributed by atoms with van der Waals surface area (Å²) >= 11 is 6.24. The van der Waals surface area contributed by atoms with Gasteiger partial charge in [-0.3, -0.25) is 4.79 Å². The molecule has 2 aromatic carbocycles. The molecular formula is C25H30ClN3O5. The number of halogens is 1. The van der Waals surface area contributed by atoms with E-state index in [1.54, 1.807) is 29.2 Å². The molecule has 34 heavy (non-hydrogen) atoms. The maximum Gasteiger partial charge on any atom is 0.254 e. The molecule has 0 saturated heterocycles. The van der Waals surface area contributed by atoms with E-state index in [0.29, 0.717) is 71.5 Å². The minimum atomic E-state index is -0.204. The maximum absolute atomic E-state index is 13.5. The van der Waals surface area contributed by atoms with Crippen molar-refractivity contribution in [2.45, 2.75) is 40.7 Å². The summed E-state index contributed by atoms with van der Waals surface area (Å²) in [6.07, 6.45) is 0.755. The van der Waals surface area contributed by atoms with Crippen molar-refractivity contribution >= 4 is 17.5 Å². The van der Waals surface area contributed by atoms with Gasteiger partial charge in [0, 0.05) is 12.1 Å². The molecule has 0 aliphatic rings. The fourth-order valence-corrected chi connectivity index (χ4v) is 3.66. The molecule has 1 heterocycles. The molecule has 0 N–H and O–H groups in total. The van der Waals surface area contributed by atoms with Crippen molar-refractivity contribution in [2.75, 3.05) is 26.4 Å². The van der Waals surface area contributed by atoms with Gasteiger partial charge < -0.3 is 23.5 Å². The van der Waals surface area contributed by atoms with Crippen LogP contribution in [0, 0.1) is 0 Å². The van der Waals surface area contributed by atoms with Gasteiger partial charge in [-0.15, -0.1) is 10.2 Å². The molecule has 0 fully saturated rings. The van der Waals surface area contributed by atoms with Gasteiger partial charge >= 0.3 is 0 Å². The number of hydrogen-bond donors (Lipinski definition) is 0. The van der Waals surface area contributed by atoms with Gasteiger partial charge in [-0.2, -0.15) is 0 Å². The highest BCUT2D eigenvalue weighted by atomic mass is 35.5. The third kappa shape index (κ3) is 5.99. The molecule has 0 atom stereocenters. The average molecular weight is 488 g/mol. The monoisotopic (exact) mass is 487 g/mol. The van der Waals surface area contributed by atoms with Gasteiger partial charge in [-0.05, 0) is 51.5 Å². The average Bonchev–Trinajstić information content (AvgIpc) is 3.29. The number of rotatable bonds is 12. The van der Waals surface area contributed by atoms with E-state index in [4.69, 9.17) is 30.2 Å². The molecule has 0 aliphatic carbocycles. The second kappa shape index (κ2) is 12.3. The molecule has 0 radical (unpaired) electrons. The van der Waals surface area contributed by atoms with Crippen LogP contribution in [-0.2, 0) is 6.54 Å². The lowest BCUT2D eigenvalue weighted by atomic mass is 10.1. The van der Waals surface area contributed by atoms with E-state index in [1.165, 1.54) is 0 Å². The van der Waals surface area contributed by atoms with Crippen LogP contribution in [0.5, 0.6) is 17.2 Å². The molecule has 1 aromatic heterocycles. The Morgan fingerprint density at radius 2 is 1.62 bits per heavy atom. The van der Waals surface area contributed by atoms with E-state index < -0.39 is 0 Å². The highest BCUT2D eigenvalue weighted by molar-refractivity contribution is 6.33. The summed E-state index contributed by atoms with van der Waals surface area (Å²) in [5, 5.41) is 8.75. The molecule has 3 rings (SSSR count). The fourth-order valence-electron chi connectivity index (χ4n) is 3.44. The zero-order valence-electron chi connectivity index (χ0n) is 20.0. The van der Waals surface area contributed by atoms with E-state index in [2.05, 4.69) is 10.2 Å². The number of amides is 1. The Hall–Kier alpha value is -3.26. The van der Waals surface area contributed by atoms with Crippen LogP contribution in [0.25, 0.3) is 11.5 Å². The third-order valence-corrected chi connectivity index (χ3v) is 5.16. The summed E-state index contributed by atoms with van der Waals surface area (Å²) in [6.45, 7) is 9.59. The lowest BCUT2D eigenvalue weighted by molar-refractivity contribution is 0.0727. The van der Waals surface area contributed by atoms with Gasteiger partial charge in [0.1, 0.15) is 0 Å². The van der Waals surface area contributed by atoms with Crippen molar-refractivity contribution in [3.05, 3.63) is 52.9 Å². The van der Waals surface area contributed by atoms with Crippen molar-refractivity contribution in [1.29, 1.82) is 0 Å². The first-order valence-corrected chi connectivity index (χ1v) is 11.8. The molecule has 8 nitrogen and oxygen atoms in total. The molecule has 182 valence electrons. The molecular weight excluding hydrogens is 458 g/mol. The summed E-state index contributed by atoms with van der Waals surface area (Å²) in [5.74, 6) is 1.85. The number of aromatic nitrogens is 2. The molecule has 1 amide bonds. The highest BCUT2D eigenvalue weighted by Gasteiger charge is 2.23. The van der Waals surface area contributed by atoms with Gasteiger partial charge in [-0.1, -0.05) is 30.7 Å². The van der Waals surface area contributed by atoms with Gasteiger partial charge in [-0.25, -0.2) is 0 Å². The van der Waals surface area contributed by atoms with E-state index in [1.807, 2.05) is 39.8 Å². The Bertz CT molecular complexity index is 1070. The normalized spacial score (nSPS) is 10.7. The summed E-state index contributed by atoms with van der Waals surface area (Å²) < 4.78 is 23.1. The van der Waals surface area contributed by atoms with Crippen molar-refractivity contribution in [2.24, 2.45) is 0 Å². The van der Waals surface area contributed by atoms with Crippen molar-refractivity contribution in [1.82, 2.24) is 15.1 Å². The lowest BCUT2D eigenvalue weighted by Gasteiger charge is -2.22. The largest absolute Gasteiger partial charge is 0.490 e. The molecule has 0 aliphatic heterocycles. The smallest absolute Gasteiger partial charge is 0.254 e. The van der Waals surface area contributed by atoms with E-state index in [0.717, 1.165) is 6.42 Å². The van der Waals surface area contributed by atoms with Crippen LogP contribution in [0.1, 0.15) is 50.4 Å². The molecule has 0 saturated carbocycles. The highest BCUT2D eigenvalue weighted by Crippen LogP contribution is 2.39. The predicted molar refractivity (Wildman–Crippen MR) is 130 cm³/mol. The Labute approximate surface area is 204 Å². The molecule has 9 heteroatoms. The first-order valence-electron chi connectivity index (χ1n) is 11.4. The summed E-state index contributed by atoms with van der Waals surface area (Å²) in [6, 6.07) is 10.6. The molecule has 0 unspecified atom stereocenters. The van der Waals surface area contributed by atoms with E-state index in [-0.39, 0.29) is 12.5 Å². The number of benzene rings is 2. The lowest BCUT2D eigenvalue weighted by Crippen LogP contribution is -2.31. The van der Waals surface area contributed by atoms with E-state index in [9.17, 15) is 4.79 Å². The van der Waals surface area contributed by atoms with Crippen molar-refractivity contribution in [3.8, 4) is 28.7 Å². The minimum absolute atomic E-state index is 0.158. The zero-order valence-corrected chi connectivity index (χ0v) is 20.7. The quantitative estimate of drug-likeness (QED) is 0.326. The number of ether oxygens (including phenoxy) is 3. The van der Waals surface area contributed by atoms with Gasteiger partial charge in [0.25, 0.3) is 5.91 Å². The number of carbonyl (C=O) groups is 1. The van der Waals surface area contributed by atoms with E-state index >= 15 is 0 Å². The standard InChI is InChI=1S/C25H30ClN3O5/c1-5-13-29(16-22-27-28-24(34-22)18-11-9-10-12-19(18)26)25(30)17-14-20(31-6-2)23(33-8-4)21(15-17)32-7-3/h9-12,14-15H,5-8,13,16H2,1-4H3. The Morgan fingerprint density at radius 3 is 2.21 bits per heavy atom. The van der Waals surface area contributed by atoms with Crippen LogP contribution in [0.3, 0.4) is 0 Å².